The Labute approximate surface area is 143 Å². The molecule has 0 radical (unpaired) electrons. The quantitative estimate of drug-likeness (QED) is 0.885. The van der Waals surface area contributed by atoms with Gasteiger partial charge in [-0.15, -0.1) is 0 Å². The Balaban J connectivity index is 1.64. The van der Waals surface area contributed by atoms with E-state index >= 15 is 0 Å². The van der Waals surface area contributed by atoms with E-state index < -0.39 is 5.60 Å². The molecular formula is C18H27N3O3. The van der Waals surface area contributed by atoms with Gasteiger partial charge in [0.15, 0.2) is 0 Å². The molecule has 2 aliphatic rings. The van der Waals surface area contributed by atoms with Crippen LogP contribution in [0.5, 0.6) is 0 Å². The molecule has 1 aromatic heterocycles. The standard InChI is InChI=1S/C18H27N3O3/c1-13-10-19-7-5-14(13)11-20-17(22)21-8-3-4-16(21)15-12-24-9-6-18(15,2)23/h5,7,10,15-16,23H,3-4,6,8-9,11-12H2,1-2H3,(H,20,22). The third kappa shape index (κ3) is 3.54. The second kappa shape index (κ2) is 7.07. The number of pyridine rings is 1. The summed E-state index contributed by atoms with van der Waals surface area (Å²) in [4.78, 5) is 18.6. The highest BCUT2D eigenvalue weighted by Crippen LogP contribution is 2.35. The number of nitrogens with one attached hydrogen (secondary N) is 1. The zero-order chi connectivity index (χ0) is 17.2. The third-order valence-electron chi connectivity index (χ3n) is 5.44. The van der Waals surface area contributed by atoms with Crippen LogP contribution in [0.4, 0.5) is 4.79 Å². The lowest BCUT2D eigenvalue weighted by Gasteiger charge is -2.43. The number of aryl methyl sites for hydroxylation is 1. The van der Waals surface area contributed by atoms with Crippen LogP contribution in [0, 0.1) is 12.8 Å². The number of rotatable bonds is 3. The van der Waals surface area contributed by atoms with Crippen LogP contribution in [0.1, 0.15) is 37.3 Å². The molecule has 0 aromatic carbocycles. The Morgan fingerprint density at radius 2 is 2.42 bits per heavy atom. The molecule has 0 saturated carbocycles. The fraction of sp³-hybridized carbons (Fsp3) is 0.667. The van der Waals surface area contributed by atoms with E-state index in [1.165, 1.54) is 0 Å². The van der Waals surface area contributed by atoms with Gasteiger partial charge in [0.05, 0.1) is 12.2 Å². The van der Waals surface area contributed by atoms with Crippen LogP contribution in [0.3, 0.4) is 0 Å². The number of urea groups is 1. The predicted octanol–water partition coefficient (Wildman–Crippen LogP) is 1.85. The van der Waals surface area contributed by atoms with Gasteiger partial charge in [-0.3, -0.25) is 4.98 Å². The molecule has 3 heterocycles. The van der Waals surface area contributed by atoms with Crippen molar-refractivity contribution >= 4 is 6.03 Å². The Kier molecular flexibility index (Phi) is 5.06. The highest BCUT2D eigenvalue weighted by atomic mass is 16.5. The van der Waals surface area contributed by atoms with Crippen LogP contribution in [0.15, 0.2) is 18.5 Å². The molecule has 2 aliphatic heterocycles. The van der Waals surface area contributed by atoms with Gasteiger partial charge in [0.2, 0.25) is 0 Å². The molecule has 0 spiro atoms. The van der Waals surface area contributed by atoms with Crippen LogP contribution >= 0.6 is 0 Å². The minimum atomic E-state index is -0.770. The zero-order valence-electron chi connectivity index (χ0n) is 14.5. The average Bonchev–Trinajstić information content (AvgIpc) is 3.02. The molecule has 2 amide bonds. The van der Waals surface area contributed by atoms with Crippen molar-refractivity contribution in [1.29, 1.82) is 0 Å². The van der Waals surface area contributed by atoms with Gasteiger partial charge < -0.3 is 20.1 Å². The summed E-state index contributed by atoms with van der Waals surface area (Å²) in [7, 11) is 0. The average molecular weight is 333 g/mol. The molecule has 132 valence electrons. The molecule has 3 unspecified atom stereocenters. The normalized spacial score (nSPS) is 30.4. The Bertz CT molecular complexity index is 591. The number of aromatic nitrogens is 1. The van der Waals surface area contributed by atoms with Crippen molar-refractivity contribution < 1.29 is 14.6 Å². The van der Waals surface area contributed by atoms with E-state index in [0.29, 0.717) is 26.2 Å². The SMILES string of the molecule is Cc1cnccc1CNC(=O)N1CCCC1C1COCCC1(C)O. The van der Waals surface area contributed by atoms with Crippen molar-refractivity contribution in [3.05, 3.63) is 29.6 Å². The maximum absolute atomic E-state index is 12.7. The van der Waals surface area contributed by atoms with Crippen molar-refractivity contribution in [2.45, 2.75) is 51.3 Å². The molecule has 3 rings (SSSR count). The fourth-order valence-electron chi connectivity index (χ4n) is 3.82. The van der Waals surface area contributed by atoms with E-state index in [4.69, 9.17) is 4.74 Å². The van der Waals surface area contributed by atoms with Gasteiger partial charge in [-0.1, -0.05) is 0 Å². The van der Waals surface area contributed by atoms with E-state index in [1.54, 1.807) is 12.4 Å². The molecule has 1 aromatic rings. The summed E-state index contributed by atoms with van der Waals surface area (Å²) in [6.07, 6.45) is 6.06. The maximum Gasteiger partial charge on any atom is 0.317 e. The molecule has 2 N–H and O–H groups in total. The third-order valence-corrected chi connectivity index (χ3v) is 5.44. The first-order valence-electron chi connectivity index (χ1n) is 8.73. The molecule has 6 nitrogen and oxygen atoms in total. The molecular weight excluding hydrogens is 306 g/mol. The van der Waals surface area contributed by atoms with E-state index in [9.17, 15) is 9.90 Å². The van der Waals surface area contributed by atoms with Gasteiger partial charge >= 0.3 is 6.03 Å². The Hall–Kier alpha value is -1.66. The highest BCUT2D eigenvalue weighted by Gasteiger charge is 2.45. The Morgan fingerprint density at radius 1 is 1.58 bits per heavy atom. The van der Waals surface area contributed by atoms with Gasteiger partial charge in [-0.2, -0.15) is 0 Å². The molecule has 3 atom stereocenters. The molecule has 2 fully saturated rings. The number of likely N-dealkylation sites (tertiary alicyclic amines) is 1. The zero-order valence-corrected chi connectivity index (χ0v) is 14.5. The summed E-state index contributed by atoms with van der Waals surface area (Å²) in [6, 6.07) is 1.91. The van der Waals surface area contributed by atoms with Crippen molar-refractivity contribution in [3.8, 4) is 0 Å². The number of hydrogen-bond donors (Lipinski definition) is 2. The summed E-state index contributed by atoms with van der Waals surface area (Å²) < 4.78 is 5.58. The predicted molar refractivity (Wildman–Crippen MR) is 90.5 cm³/mol. The Morgan fingerprint density at radius 3 is 3.17 bits per heavy atom. The number of hydrogen-bond acceptors (Lipinski definition) is 4. The van der Waals surface area contributed by atoms with Gasteiger partial charge in [0.25, 0.3) is 0 Å². The lowest BCUT2D eigenvalue weighted by atomic mass is 9.79. The van der Waals surface area contributed by atoms with Gasteiger partial charge in [0.1, 0.15) is 0 Å². The number of carbonyl (C=O) groups excluding carboxylic acids is 1. The summed E-state index contributed by atoms with van der Waals surface area (Å²) in [6.45, 7) is 6.19. The van der Waals surface area contributed by atoms with Gasteiger partial charge in [0, 0.05) is 44.0 Å². The first-order valence-corrected chi connectivity index (χ1v) is 8.73. The first kappa shape index (κ1) is 17.2. The van der Waals surface area contributed by atoms with Crippen molar-refractivity contribution in [2.75, 3.05) is 19.8 Å². The lowest BCUT2D eigenvalue weighted by molar-refractivity contribution is -0.119. The van der Waals surface area contributed by atoms with E-state index in [-0.39, 0.29) is 18.0 Å². The summed E-state index contributed by atoms with van der Waals surface area (Å²) >= 11 is 0. The minimum Gasteiger partial charge on any atom is -0.390 e. The second-order valence-corrected chi connectivity index (χ2v) is 7.15. The number of aliphatic hydroxyl groups is 1. The molecule has 0 bridgehead atoms. The summed E-state index contributed by atoms with van der Waals surface area (Å²) in [5.41, 5.74) is 1.37. The molecule has 24 heavy (non-hydrogen) atoms. The van der Waals surface area contributed by atoms with Crippen molar-refractivity contribution in [2.24, 2.45) is 5.92 Å². The first-order chi connectivity index (χ1) is 11.5. The molecule has 2 saturated heterocycles. The van der Waals surface area contributed by atoms with E-state index in [1.807, 2.05) is 24.8 Å². The van der Waals surface area contributed by atoms with Crippen molar-refractivity contribution in [1.82, 2.24) is 15.2 Å². The van der Waals surface area contributed by atoms with Crippen LogP contribution in [-0.2, 0) is 11.3 Å². The van der Waals surface area contributed by atoms with Crippen LogP contribution in [0.2, 0.25) is 0 Å². The highest BCUT2D eigenvalue weighted by molar-refractivity contribution is 5.75. The number of amides is 2. The smallest absolute Gasteiger partial charge is 0.317 e. The largest absolute Gasteiger partial charge is 0.390 e. The van der Waals surface area contributed by atoms with Crippen LogP contribution < -0.4 is 5.32 Å². The monoisotopic (exact) mass is 333 g/mol. The van der Waals surface area contributed by atoms with Gasteiger partial charge in [-0.25, -0.2) is 4.79 Å². The van der Waals surface area contributed by atoms with Crippen LogP contribution in [0.25, 0.3) is 0 Å². The molecule has 6 heteroatoms. The van der Waals surface area contributed by atoms with Gasteiger partial charge in [-0.05, 0) is 50.3 Å². The second-order valence-electron chi connectivity index (χ2n) is 7.15. The van der Waals surface area contributed by atoms with E-state index in [0.717, 1.165) is 30.5 Å². The minimum absolute atomic E-state index is 0.0258. The van der Waals surface area contributed by atoms with E-state index in [2.05, 4.69) is 10.3 Å². The number of carbonyl (C=O) groups is 1. The summed E-state index contributed by atoms with van der Waals surface area (Å²) in [5.74, 6) is -0.0258. The maximum atomic E-state index is 12.7. The summed E-state index contributed by atoms with van der Waals surface area (Å²) in [5, 5.41) is 13.7. The molecule has 0 aliphatic carbocycles. The number of ether oxygens (including phenoxy) is 1. The fourth-order valence-corrected chi connectivity index (χ4v) is 3.82. The van der Waals surface area contributed by atoms with Crippen molar-refractivity contribution in [3.63, 3.8) is 0 Å². The lowest BCUT2D eigenvalue weighted by Crippen LogP contribution is -2.55. The van der Waals surface area contributed by atoms with Crippen LogP contribution in [-0.4, -0.2) is 52.4 Å². The number of nitrogens with zero attached hydrogens (tertiary/aromatic N) is 2. The topological polar surface area (TPSA) is 74.7 Å².